The van der Waals surface area contributed by atoms with Gasteiger partial charge < -0.3 is 9.13 Å². The molecule has 238 valence electrons. The van der Waals surface area contributed by atoms with E-state index in [0.29, 0.717) is 15.6 Å². The standard InChI is InChI=1S/C48H30N2S/c1-3-13-31(14-4-1)34-29-41-38-19-9-12-22-47(38)51-48(41)46(30-34)50-43-21-11-8-18-37(43)40-28-33(24-26-45(40)50)32-23-25-44-39(27-32)36-17-7-10-20-42(36)49(44)35-15-5-2-6-16-35/h1-30H/i2D,5D,6D,7D,8D,10D,11D,15D,16D,17D,18D,19D,20D,21D,23D,24D,25D,26D,27D,28D,29D,30D. The van der Waals surface area contributed by atoms with Crippen molar-refractivity contribution in [1.82, 2.24) is 9.13 Å². The summed E-state index contributed by atoms with van der Waals surface area (Å²) >= 11 is 1.09. The first-order valence-electron chi connectivity index (χ1n) is 26.7. The SMILES string of the molecule is [2H]c1c([2H])c([2H])c(-n2c3c([2H])c([2H])c([2H])c([2H])c3c3c([2H])c(-c4c([2H])c([2H])c5c(c4[2H])c4c([2H])c([2H])c([2H])c([2H])c4n5-c4c([2H])c(-c5ccccc5)c([2H])c5c4sc4cccc([2H])c45)c([2H])c([2H])c32)c([2H])c1[2H]. The maximum atomic E-state index is 10.0. The lowest BCUT2D eigenvalue weighted by Crippen LogP contribution is -1.95. The van der Waals surface area contributed by atoms with Gasteiger partial charge in [0.25, 0.3) is 0 Å². The summed E-state index contributed by atoms with van der Waals surface area (Å²) in [6, 6.07) is -2.26. The fourth-order valence-electron chi connectivity index (χ4n) is 6.58. The molecule has 0 unspecified atom stereocenters. The Morgan fingerprint density at radius 3 is 1.71 bits per heavy atom. The third-order valence-corrected chi connectivity index (χ3v) is 9.94. The molecule has 0 aliphatic heterocycles. The molecule has 0 N–H and O–H groups in total. The van der Waals surface area contributed by atoms with Crippen LogP contribution in [0.1, 0.15) is 30.2 Å². The number of rotatable bonds is 4. The van der Waals surface area contributed by atoms with E-state index in [4.69, 9.17) is 16.4 Å². The van der Waals surface area contributed by atoms with Gasteiger partial charge in [0.2, 0.25) is 0 Å². The van der Waals surface area contributed by atoms with Gasteiger partial charge in [-0.25, -0.2) is 0 Å². The van der Waals surface area contributed by atoms with Gasteiger partial charge in [0.1, 0.15) is 0 Å². The number of aromatic nitrogens is 2. The number of nitrogens with zero attached hydrogens (tertiary/aromatic N) is 2. The zero-order valence-electron chi connectivity index (χ0n) is 47.9. The highest BCUT2D eigenvalue weighted by atomic mass is 32.1. The van der Waals surface area contributed by atoms with Crippen LogP contribution in [0.15, 0.2) is 181 Å². The molecule has 0 atom stereocenters. The number of hydrogen-bond donors (Lipinski definition) is 0. The van der Waals surface area contributed by atoms with E-state index in [9.17, 15) is 13.7 Å². The molecule has 3 heterocycles. The number of para-hydroxylation sites is 3. The third-order valence-electron chi connectivity index (χ3n) is 8.78. The molecule has 51 heavy (non-hydrogen) atoms. The van der Waals surface area contributed by atoms with Gasteiger partial charge in [0.05, 0.1) is 62.6 Å². The Hall–Kier alpha value is -6.42. The van der Waals surface area contributed by atoms with Gasteiger partial charge in [-0.15, -0.1) is 11.3 Å². The van der Waals surface area contributed by atoms with E-state index in [1.54, 1.807) is 42.5 Å². The molecule has 0 fully saturated rings. The van der Waals surface area contributed by atoms with Crippen LogP contribution in [0.4, 0.5) is 0 Å². The fourth-order valence-corrected chi connectivity index (χ4v) is 7.71. The molecule has 0 aliphatic rings. The van der Waals surface area contributed by atoms with E-state index in [1.165, 1.54) is 10.6 Å². The van der Waals surface area contributed by atoms with Crippen LogP contribution < -0.4 is 0 Å². The minimum Gasteiger partial charge on any atom is -0.309 e. The van der Waals surface area contributed by atoms with Crippen molar-refractivity contribution in [1.29, 1.82) is 0 Å². The van der Waals surface area contributed by atoms with Crippen molar-refractivity contribution < 1.29 is 30.2 Å². The molecule has 0 saturated heterocycles. The first-order valence-corrected chi connectivity index (χ1v) is 16.5. The highest BCUT2D eigenvalue weighted by Gasteiger charge is 2.19. The molecule has 0 spiro atoms. The van der Waals surface area contributed by atoms with Crippen LogP contribution in [-0.4, -0.2) is 9.13 Å². The molecular formula is C48H30N2S. The van der Waals surface area contributed by atoms with Gasteiger partial charge in [-0.1, -0.05) is 115 Å². The summed E-state index contributed by atoms with van der Waals surface area (Å²) in [6.07, 6.45) is 0. The molecule has 8 aromatic carbocycles. The summed E-state index contributed by atoms with van der Waals surface area (Å²) in [6.45, 7) is 0. The summed E-state index contributed by atoms with van der Waals surface area (Å²) in [5.74, 6) is 0. The van der Waals surface area contributed by atoms with E-state index in [2.05, 4.69) is 0 Å². The number of fused-ring (bicyclic) bond motifs is 9. The number of benzene rings is 8. The normalized spacial score (nSPS) is 18.0. The Morgan fingerprint density at radius 1 is 0.392 bits per heavy atom. The summed E-state index contributed by atoms with van der Waals surface area (Å²) < 4.78 is 204. The highest BCUT2D eigenvalue weighted by Crippen LogP contribution is 2.44. The summed E-state index contributed by atoms with van der Waals surface area (Å²) in [4.78, 5) is 0. The van der Waals surface area contributed by atoms with Gasteiger partial charge in [-0.3, -0.25) is 0 Å². The van der Waals surface area contributed by atoms with Crippen molar-refractivity contribution in [2.45, 2.75) is 0 Å². The minimum atomic E-state index is -0.916. The summed E-state index contributed by atoms with van der Waals surface area (Å²) in [5.41, 5.74) is -3.39. The van der Waals surface area contributed by atoms with Crippen molar-refractivity contribution in [3.63, 3.8) is 0 Å². The first-order chi connectivity index (χ1) is 34.5. The molecule has 0 aliphatic carbocycles. The first kappa shape index (κ1) is 14.4. The van der Waals surface area contributed by atoms with Gasteiger partial charge in [0, 0.05) is 42.7 Å². The van der Waals surface area contributed by atoms with E-state index in [1.807, 2.05) is 0 Å². The van der Waals surface area contributed by atoms with Gasteiger partial charge in [-0.05, 0) is 88.7 Å². The third kappa shape index (κ3) is 4.29. The van der Waals surface area contributed by atoms with Crippen LogP contribution in [-0.2, 0) is 0 Å². The quantitative estimate of drug-likeness (QED) is 0.174. The Morgan fingerprint density at radius 2 is 0.980 bits per heavy atom. The fraction of sp³-hybridized carbons (Fsp3) is 0. The molecule has 0 amide bonds. The van der Waals surface area contributed by atoms with Crippen molar-refractivity contribution in [3.05, 3.63) is 181 Å². The largest absolute Gasteiger partial charge is 0.309 e. The number of hydrogen-bond acceptors (Lipinski definition) is 1. The molecular weight excluding hydrogens is 637 g/mol. The topological polar surface area (TPSA) is 9.86 Å². The minimum absolute atomic E-state index is 0.0481. The van der Waals surface area contributed by atoms with Crippen LogP contribution in [0.5, 0.6) is 0 Å². The second-order valence-electron chi connectivity index (χ2n) is 11.6. The van der Waals surface area contributed by atoms with Crippen LogP contribution >= 0.6 is 11.3 Å². The lowest BCUT2D eigenvalue weighted by Gasteiger charge is -2.13. The molecule has 3 aromatic heterocycles. The maximum Gasteiger partial charge on any atom is 0.0652 e. The van der Waals surface area contributed by atoms with E-state index < -0.39 is 159 Å². The molecule has 11 aromatic rings. The van der Waals surface area contributed by atoms with E-state index >= 15 is 0 Å². The summed E-state index contributed by atoms with van der Waals surface area (Å²) in [7, 11) is 0. The van der Waals surface area contributed by atoms with Crippen LogP contribution in [0, 0.1) is 0 Å². The lowest BCUT2D eigenvalue weighted by atomic mass is 10.0. The lowest BCUT2D eigenvalue weighted by molar-refractivity contribution is 1.18. The predicted octanol–water partition coefficient (Wildman–Crippen LogP) is 13.6. The average molecular weight is 689 g/mol. The van der Waals surface area contributed by atoms with Crippen molar-refractivity contribution in [2.24, 2.45) is 0 Å². The monoisotopic (exact) mass is 688 g/mol. The zero-order chi connectivity index (χ0) is 52.6. The Kier molecular flexibility index (Phi) is 3.13. The summed E-state index contributed by atoms with van der Waals surface area (Å²) in [5, 5.41) is -1.14. The Labute approximate surface area is 329 Å². The highest BCUT2D eigenvalue weighted by molar-refractivity contribution is 7.26. The maximum absolute atomic E-state index is 10.0. The molecule has 3 heteroatoms. The van der Waals surface area contributed by atoms with Gasteiger partial charge in [-0.2, -0.15) is 0 Å². The van der Waals surface area contributed by atoms with Crippen LogP contribution in [0.2, 0.25) is 0 Å². The van der Waals surface area contributed by atoms with Crippen molar-refractivity contribution in [3.8, 4) is 33.6 Å². The van der Waals surface area contributed by atoms with Gasteiger partial charge >= 0.3 is 0 Å². The average Bonchev–Trinajstić information content (AvgIpc) is 4.05. The predicted molar refractivity (Wildman–Crippen MR) is 219 cm³/mol. The molecule has 0 saturated carbocycles. The van der Waals surface area contributed by atoms with Crippen LogP contribution in [0.3, 0.4) is 0 Å². The van der Waals surface area contributed by atoms with Crippen molar-refractivity contribution >= 4 is 75.1 Å². The molecule has 2 nitrogen and oxygen atoms in total. The Balaban J connectivity index is 1.36. The molecule has 0 radical (unpaired) electrons. The van der Waals surface area contributed by atoms with Crippen molar-refractivity contribution in [2.75, 3.05) is 0 Å². The van der Waals surface area contributed by atoms with E-state index in [-0.39, 0.29) is 55.9 Å². The Bertz CT molecular complexity index is 4380. The van der Waals surface area contributed by atoms with E-state index in [0.717, 1.165) is 15.9 Å². The second kappa shape index (κ2) is 11.0. The smallest absolute Gasteiger partial charge is 0.0652 e. The van der Waals surface area contributed by atoms with Crippen LogP contribution in [0.25, 0.3) is 97.4 Å². The zero-order valence-corrected chi connectivity index (χ0v) is 26.7. The van der Waals surface area contributed by atoms with Gasteiger partial charge in [0.15, 0.2) is 0 Å². The molecule has 0 bridgehead atoms. The molecule has 11 rings (SSSR count). The number of thiophene rings is 1. The second-order valence-corrected chi connectivity index (χ2v) is 12.6.